The Hall–Kier alpha value is -1.35. The normalized spacial score (nSPS) is 10.4. The lowest BCUT2D eigenvalue weighted by molar-refractivity contribution is 1.27. The van der Waals surface area contributed by atoms with Crippen molar-refractivity contribution in [2.24, 2.45) is 0 Å². The summed E-state index contributed by atoms with van der Waals surface area (Å²) in [7, 11) is 0. The van der Waals surface area contributed by atoms with Crippen LogP contribution < -0.4 is 14.8 Å². The van der Waals surface area contributed by atoms with Crippen molar-refractivity contribution in [2.75, 3.05) is 0 Å². The van der Waals surface area contributed by atoms with Gasteiger partial charge in [0.25, 0.3) is 0 Å². The Morgan fingerprint density at radius 2 is 2.08 bits per heavy atom. The maximum atomic E-state index is 10.8. The van der Waals surface area contributed by atoms with Gasteiger partial charge in [0.15, 0.2) is 0 Å². The number of aromatic amines is 1. The van der Waals surface area contributed by atoms with Gasteiger partial charge >= 0.3 is 4.87 Å². The molecule has 0 saturated heterocycles. The number of hydrogen-bond donors (Lipinski definition) is 1. The summed E-state index contributed by atoms with van der Waals surface area (Å²) in [6.07, 6.45) is 1.84. The van der Waals surface area contributed by atoms with E-state index in [1.165, 1.54) is 0 Å². The van der Waals surface area contributed by atoms with E-state index < -0.39 is 0 Å². The maximum absolute atomic E-state index is 10.8. The van der Waals surface area contributed by atoms with Crippen LogP contribution >= 0.6 is 11.3 Å². The molecule has 13 heavy (non-hydrogen) atoms. The first-order valence-corrected chi connectivity index (χ1v) is 4.46. The van der Waals surface area contributed by atoms with E-state index in [0.29, 0.717) is 5.35 Å². The van der Waals surface area contributed by atoms with Crippen molar-refractivity contribution in [3.8, 4) is 0 Å². The molecule has 1 aromatic heterocycles. The van der Waals surface area contributed by atoms with Crippen LogP contribution in [0.15, 0.2) is 30.1 Å². The van der Waals surface area contributed by atoms with Gasteiger partial charge in [-0.2, -0.15) is 0 Å². The second-order valence-electron chi connectivity index (χ2n) is 2.35. The Labute approximate surface area is 81.3 Å². The Bertz CT molecular complexity index is 438. The Kier molecular flexibility index (Phi) is 4.77. The maximum Gasteiger partial charge on any atom is 0.305 e. The summed E-state index contributed by atoms with van der Waals surface area (Å²) in [5, 5.41) is 0.669. The number of rotatable bonds is 1. The monoisotopic (exact) mass is 195 g/mol. The summed E-state index contributed by atoms with van der Waals surface area (Å²) in [5.74, 6) is 0. The molecule has 1 N–H and O–H groups in total. The van der Waals surface area contributed by atoms with Gasteiger partial charge in [-0.3, -0.25) is 4.79 Å². The molecule has 1 aromatic rings. The zero-order valence-corrected chi connectivity index (χ0v) is 8.54. The van der Waals surface area contributed by atoms with Crippen molar-refractivity contribution in [1.82, 2.24) is 4.98 Å². The molecule has 70 valence electrons. The number of nitrogens with one attached hydrogen (secondary N) is 1. The molecule has 0 amide bonds. The van der Waals surface area contributed by atoms with Crippen molar-refractivity contribution in [1.29, 1.82) is 0 Å². The summed E-state index contributed by atoms with van der Waals surface area (Å²) in [6.45, 7) is 15.3. The van der Waals surface area contributed by atoms with E-state index in [1.54, 1.807) is 0 Å². The molecule has 0 atom stereocenters. The molecule has 0 aliphatic rings. The van der Waals surface area contributed by atoms with Crippen LogP contribution in [0.4, 0.5) is 0 Å². The summed E-state index contributed by atoms with van der Waals surface area (Å²) in [5.41, 5.74) is 0.921. The van der Waals surface area contributed by atoms with Crippen molar-refractivity contribution in [3.63, 3.8) is 0 Å². The molecule has 0 aliphatic heterocycles. The van der Waals surface area contributed by atoms with E-state index in [9.17, 15) is 4.79 Å². The smallest absolute Gasteiger partial charge is 0.305 e. The first kappa shape index (κ1) is 11.6. The van der Waals surface area contributed by atoms with Crippen LogP contribution in [0.2, 0.25) is 0 Å². The number of H-pyrrole nitrogens is 1. The minimum atomic E-state index is -0.0671. The van der Waals surface area contributed by atoms with Gasteiger partial charge < -0.3 is 4.98 Å². The molecule has 0 spiro atoms. The quantitative estimate of drug-likeness (QED) is 0.666. The second-order valence-corrected chi connectivity index (χ2v) is 3.36. The van der Waals surface area contributed by atoms with Gasteiger partial charge in [0.2, 0.25) is 0 Å². The third-order valence-corrected chi connectivity index (χ3v) is 2.00. The molecule has 0 bridgehead atoms. The van der Waals surface area contributed by atoms with Gasteiger partial charge in [-0.05, 0) is 13.0 Å². The molecule has 0 saturated carbocycles. The third kappa shape index (κ3) is 3.71. The SMILES string of the molecule is C=C.C=C(C)/C=c1/sc(=O)[nH]c1=C. The Morgan fingerprint density at radius 1 is 1.54 bits per heavy atom. The molecule has 1 rings (SSSR count). The zero-order chi connectivity index (χ0) is 10.4. The predicted octanol–water partition coefficient (Wildman–Crippen LogP) is 1.01. The number of hydrogen-bond acceptors (Lipinski definition) is 2. The summed E-state index contributed by atoms with van der Waals surface area (Å²) < 4.78 is 0.863. The van der Waals surface area contributed by atoms with E-state index in [-0.39, 0.29) is 4.87 Å². The molecule has 2 nitrogen and oxygen atoms in total. The lowest BCUT2D eigenvalue weighted by Crippen LogP contribution is -2.19. The summed E-state index contributed by atoms with van der Waals surface area (Å²) >= 11 is 1.15. The molecular weight excluding hydrogens is 182 g/mol. The molecule has 0 aromatic carbocycles. The molecule has 0 radical (unpaired) electrons. The topological polar surface area (TPSA) is 32.9 Å². The van der Waals surface area contributed by atoms with Gasteiger partial charge in [0.05, 0.1) is 9.88 Å². The molecule has 0 fully saturated rings. The standard InChI is InChI=1S/C8H9NOS.C2H4/c1-5(2)4-7-6(3)9-8(10)11-7;1-2/h4H,1,3H2,2H3,(H,9,10);1-2H2/b7-4+;. The van der Waals surface area contributed by atoms with Gasteiger partial charge in [-0.15, -0.1) is 13.2 Å². The first-order valence-electron chi connectivity index (χ1n) is 3.65. The minimum absolute atomic E-state index is 0.0671. The van der Waals surface area contributed by atoms with E-state index in [2.05, 4.69) is 31.3 Å². The average molecular weight is 195 g/mol. The second kappa shape index (κ2) is 5.32. The Morgan fingerprint density at radius 3 is 2.38 bits per heavy atom. The fourth-order valence-corrected chi connectivity index (χ4v) is 1.52. The Balaban J connectivity index is 0.000000671. The van der Waals surface area contributed by atoms with Crippen molar-refractivity contribution in [2.45, 2.75) is 6.92 Å². The van der Waals surface area contributed by atoms with Gasteiger partial charge in [-0.25, -0.2) is 0 Å². The predicted molar refractivity (Wildman–Crippen MR) is 60.2 cm³/mol. The van der Waals surface area contributed by atoms with Gasteiger partial charge in [-0.1, -0.05) is 30.1 Å². The van der Waals surface area contributed by atoms with Crippen LogP contribution in [0.3, 0.4) is 0 Å². The van der Waals surface area contributed by atoms with Gasteiger partial charge in [0, 0.05) is 0 Å². The van der Waals surface area contributed by atoms with Crippen LogP contribution in [-0.4, -0.2) is 4.98 Å². The van der Waals surface area contributed by atoms with Crippen molar-refractivity contribution < 1.29 is 0 Å². The molecular formula is C10H13NOS. The highest BCUT2D eigenvalue weighted by molar-refractivity contribution is 7.07. The number of allylic oxidation sites excluding steroid dienone is 1. The lowest BCUT2D eigenvalue weighted by atomic mass is 10.3. The van der Waals surface area contributed by atoms with Crippen molar-refractivity contribution in [3.05, 3.63) is 44.9 Å². The third-order valence-electron chi connectivity index (χ3n) is 1.13. The minimum Gasteiger partial charge on any atom is -0.313 e. The highest BCUT2D eigenvalue weighted by Gasteiger charge is 1.88. The van der Waals surface area contributed by atoms with Crippen LogP contribution in [-0.2, 0) is 0 Å². The van der Waals surface area contributed by atoms with E-state index in [1.807, 2.05) is 13.0 Å². The highest BCUT2D eigenvalue weighted by atomic mass is 32.1. The fourth-order valence-electron chi connectivity index (χ4n) is 0.712. The van der Waals surface area contributed by atoms with E-state index >= 15 is 0 Å². The fraction of sp³-hybridized carbons (Fsp3) is 0.100. The van der Waals surface area contributed by atoms with Crippen molar-refractivity contribution >= 4 is 24.0 Å². The number of aromatic nitrogens is 1. The molecule has 1 heterocycles. The highest BCUT2D eigenvalue weighted by Crippen LogP contribution is 1.85. The van der Waals surface area contributed by atoms with Gasteiger partial charge in [0.1, 0.15) is 0 Å². The zero-order valence-electron chi connectivity index (χ0n) is 7.72. The van der Waals surface area contributed by atoms with E-state index in [0.717, 1.165) is 21.4 Å². The largest absolute Gasteiger partial charge is 0.313 e. The molecule has 0 unspecified atom stereocenters. The number of thiazole rings is 1. The summed E-state index contributed by atoms with van der Waals surface area (Å²) in [4.78, 5) is 13.3. The van der Waals surface area contributed by atoms with Crippen LogP contribution in [0, 0.1) is 0 Å². The first-order chi connectivity index (χ1) is 6.09. The molecule has 0 aliphatic carbocycles. The lowest BCUT2D eigenvalue weighted by Gasteiger charge is -1.79. The van der Waals surface area contributed by atoms with E-state index in [4.69, 9.17) is 0 Å². The van der Waals surface area contributed by atoms with Crippen LogP contribution in [0.1, 0.15) is 6.92 Å². The van der Waals surface area contributed by atoms with Crippen LogP contribution in [0.5, 0.6) is 0 Å². The van der Waals surface area contributed by atoms with Crippen LogP contribution in [0.25, 0.3) is 12.7 Å². The average Bonchev–Trinajstić information content (AvgIpc) is 2.33. The summed E-state index contributed by atoms with van der Waals surface area (Å²) in [6, 6.07) is 0. The molecule has 3 heteroatoms.